The van der Waals surface area contributed by atoms with Gasteiger partial charge in [-0.3, -0.25) is 0 Å². The van der Waals surface area contributed by atoms with Crippen molar-refractivity contribution in [3.8, 4) is 0 Å². The van der Waals surface area contributed by atoms with Gasteiger partial charge >= 0.3 is 8.80 Å². The van der Waals surface area contributed by atoms with Gasteiger partial charge < -0.3 is 13.3 Å². The second-order valence-electron chi connectivity index (χ2n) is 3.31. The Labute approximate surface area is 88.4 Å². The van der Waals surface area contributed by atoms with Crippen LogP contribution in [0.15, 0.2) is 11.6 Å². The summed E-state index contributed by atoms with van der Waals surface area (Å²) in [5, 5.41) is 0. The molecular formula is C10H22O3Si. The van der Waals surface area contributed by atoms with Crippen molar-refractivity contribution in [1.29, 1.82) is 0 Å². The lowest BCUT2D eigenvalue weighted by Gasteiger charge is -2.24. The fraction of sp³-hybridized carbons (Fsp3) is 0.800. The molecule has 0 aromatic rings. The minimum atomic E-state index is -2.40. The summed E-state index contributed by atoms with van der Waals surface area (Å²) >= 11 is 0. The molecule has 0 N–H and O–H groups in total. The molecule has 0 aliphatic carbocycles. The molecule has 0 spiro atoms. The Bertz CT molecular complexity index is 168. The van der Waals surface area contributed by atoms with Crippen LogP contribution in [0.2, 0.25) is 6.04 Å². The Morgan fingerprint density at radius 1 is 1.14 bits per heavy atom. The highest BCUT2D eigenvalue weighted by atomic mass is 28.4. The summed E-state index contributed by atoms with van der Waals surface area (Å²) in [5.74, 6) is 0. The van der Waals surface area contributed by atoms with Gasteiger partial charge in [0, 0.05) is 27.4 Å². The quantitative estimate of drug-likeness (QED) is 0.485. The van der Waals surface area contributed by atoms with E-state index in [4.69, 9.17) is 13.3 Å². The van der Waals surface area contributed by atoms with Crippen molar-refractivity contribution >= 4 is 8.80 Å². The van der Waals surface area contributed by atoms with Crippen molar-refractivity contribution in [2.75, 3.05) is 21.3 Å². The fourth-order valence-electron chi connectivity index (χ4n) is 1.27. The molecule has 0 saturated carbocycles. The summed E-state index contributed by atoms with van der Waals surface area (Å²) in [5.41, 5.74) is 1.28. The monoisotopic (exact) mass is 218 g/mol. The normalized spacial score (nSPS) is 13.4. The predicted octanol–water partition coefficient (Wildman–Crippen LogP) is 2.61. The van der Waals surface area contributed by atoms with Crippen LogP contribution < -0.4 is 0 Å². The van der Waals surface area contributed by atoms with Crippen LogP contribution in [-0.4, -0.2) is 30.1 Å². The third kappa shape index (κ3) is 4.37. The second-order valence-corrected chi connectivity index (χ2v) is 6.26. The van der Waals surface area contributed by atoms with E-state index in [-0.39, 0.29) is 0 Å². The van der Waals surface area contributed by atoms with E-state index in [0.717, 1.165) is 12.5 Å². The van der Waals surface area contributed by atoms with E-state index in [1.54, 1.807) is 21.3 Å². The van der Waals surface area contributed by atoms with Crippen LogP contribution in [0.25, 0.3) is 0 Å². The maximum absolute atomic E-state index is 5.34. The SMILES string of the molecule is CCCC=C(C)C[Si](OC)(OC)OC. The molecule has 84 valence electrons. The minimum absolute atomic E-state index is 0.774. The second kappa shape index (κ2) is 7.17. The highest BCUT2D eigenvalue weighted by molar-refractivity contribution is 6.61. The van der Waals surface area contributed by atoms with Gasteiger partial charge in [0.05, 0.1) is 0 Å². The molecule has 0 saturated heterocycles. The molecule has 0 aromatic carbocycles. The van der Waals surface area contributed by atoms with Crippen LogP contribution >= 0.6 is 0 Å². The fourth-order valence-corrected chi connectivity index (χ4v) is 3.03. The molecule has 0 aromatic heterocycles. The largest absolute Gasteiger partial charge is 0.504 e. The van der Waals surface area contributed by atoms with Gasteiger partial charge in [-0.2, -0.15) is 0 Å². The van der Waals surface area contributed by atoms with Crippen molar-refractivity contribution in [2.45, 2.75) is 32.7 Å². The first kappa shape index (κ1) is 13.8. The Hall–Kier alpha value is -0.163. The molecule has 0 bridgehead atoms. The van der Waals surface area contributed by atoms with Crippen molar-refractivity contribution in [3.63, 3.8) is 0 Å². The molecule has 0 radical (unpaired) electrons. The van der Waals surface area contributed by atoms with Gasteiger partial charge in [-0.05, 0) is 13.3 Å². The zero-order valence-corrected chi connectivity index (χ0v) is 10.9. The molecule has 0 amide bonds. The summed E-state index contributed by atoms with van der Waals surface area (Å²) in [4.78, 5) is 0. The molecule has 4 heteroatoms. The van der Waals surface area contributed by atoms with Crippen LogP contribution in [0.4, 0.5) is 0 Å². The van der Waals surface area contributed by atoms with Gasteiger partial charge in [-0.25, -0.2) is 0 Å². The van der Waals surface area contributed by atoms with Crippen molar-refractivity contribution in [1.82, 2.24) is 0 Å². The van der Waals surface area contributed by atoms with E-state index >= 15 is 0 Å². The van der Waals surface area contributed by atoms with Gasteiger partial charge in [-0.15, -0.1) is 0 Å². The summed E-state index contributed by atoms with van der Waals surface area (Å²) in [7, 11) is 2.54. The standard InChI is InChI=1S/C10H22O3Si/c1-6-7-8-10(2)9-14(11-3,12-4)13-5/h8H,6-7,9H2,1-5H3. The molecular weight excluding hydrogens is 196 g/mol. The number of hydrogen-bond acceptors (Lipinski definition) is 3. The van der Waals surface area contributed by atoms with Gasteiger partial charge in [0.1, 0.15) is 0 Å². The van der Waals surface area contributed by atoms with Crippen LogP contribution in [0.5, 0.6) is 0 Å². The van der Waals surface area contributed by atoms with Gasteiger partial charge in [-0.1, -0.05) is 25.0 Å². The van der Waals surface area contributed by atoms with Crippen molar-refractivity contribution in [2.24, 2.45) is 0 Å². The van der Waals surface area contributed by atoms with E-state index < -0.39 is 8.80 Å². The third-order valence-electron chi connectivity index (χ3n) is 2.21. The lowest BCUT2D eigenvalue weighted by Crippen LogP contribution is -2.42. The average molecular weight is 218 g/mol. The molecule has 0 aliphatic heterocycles. The predicted molar refractivity (Wildman–Crippen MR) is 60.3 cm³/mol. The molecule has 0 unspecified atom stereocenters. The van der Waals surface area contributed by atoms with Crippen LogP contribution in [-0.2, 0) is 13.3 Å². The zero-order chi connectivity index (χ0) is 11.0. The van der Waals surface area contributed by atoms with Gasteiger partial charge in [0.2, 0.25) is 0 Å². The van der Waals surface area contributed by atoms with Crippen LogP contribution in [0, 0.1) is 0 Å². The molecule has 3 nitrogen and oxygen atoms in total. The summed E-state index contributed by atoms with van der Waals surface area (Å²) < 4.78 is 16.0. The Morgan fingerprint density at radius 3 is 2.00 bits per heavy atom. The lowest BCUT2D eigenvalue weighted by molar-refractivity contribution is 0.126. The van der Waals surface area contributed by atoms with Gasteiger partial charge in [0.15, 0.2) is 0 Å². The number of hydrogen-bond donors (Lipinski definition) is 0. The smallest absolute Gasteiger partial charge is 0.377 e. The highest BCUT2D eigenvalue weighted by Gasteiger charge is 2.37. The van der Waals surface area contributed by atoms with E-state index in [9.17, 15) is 0 Å². The van der Waals surface area contributed by atoms with Crippen LogP contribution in [0.1, 0.15) is 26.7 Å². The lowest BCUT2D eigenvalue weighted by atomic mass is 10.2. The molecule has 0 fully saturated rings. The molecule has 0 rings (SSSR count). The van der Waals surface area contributed by atoms with Crippen molar-refractivity contribution in [3.05, 3.63) is 11.6 Å². The number of allylic oxidation sites excluding steroid dienone is 2. The topological polar surface area (TPSA) is 27.7 Å². The van der Waals surface area contributed by atoms with E-state index in [1.807, 2.05) is 0 Å². The first-order chi connectivity index (χ1) is 6.64. The zero-order valence-electron chi connectivity index (χ0n) is 9.92. The molecule has 14 heavy (non-hydrogen) atoms. The van der Waals surface area contributed by atoms with Crippen molar-refractivity contribution < 1.29 is 13.3 Å². The molecule has 0 atom stereocenters. The minimum Gasteiger partial charge on any atom is -0.377 e. The Kier molecular flexibility index (Phi) is 7.09. The molecule has 0 heterocycles. The maximum Gasteiger partial charge on any atom is 0.504 e. The Balaban J connectivity index is 4.28. The van der Waals surface area contributed by atoms with Gasteiger partial charge in [0.25, 0.3) is 0 Å². The summed E-state index contributed by atoms with van der Waals surface area (Å²) in [6.45, 7) is 4.26. The Morgan fingerprint density at radius 2 is 1.64 bits per heavy atom. The maximum atomic E-state index is 5.34. The van der Waals surface area contributed by atoms with E-state index in [1.165, 1.54) is 12.0 Å². The first-order valence-electron chi connectivity index (χ1n) is 4.95. The summed E-state index contributed by atoms with van der Waals surface area (Å²) in [6.07, 6.45) is 4.49. The van der Waals surface area contributed by atoms with E-state index in [2.05, 4.69) is 19.9 Å². The summed E-state index contributed by atoms with van der Waals surface area (Å²) in [6, 6.07) is 0.774. The first-order valence-corrected chi connectivity index (χ1v) is 6.88. The number of rotatable bonds is 7. The average Bonchev–Trinajstić information content (AvgIpc) is 2.23. The number of unbranched alkanes of at least 4 members (excludes halogenated alkanes) is 1. The van der Waals surface area contributed by atoms with E-state index in [0.29, 0.717) is 0 Å². The molecule has 0 aliphatic rings. The highest BCUT2D eigenvalue weighted by Crippen LogP contribution is 2.19. The third-order valence-corrected chi connectivity index (χ3v) is 5.07. The van der Waals surface area contributed by atoms with Crippen LogP contribution in [0.3, 0.4) is 0 Å².